The van der Waals surface area contributed by atoms with Gasteiger partial charge in [-0.25, -0.2) is 4.79 Å². The summed E-state index contributed by atoms with van der Waals surface area (Å²) in [5.41, 5.74) is 1.74. The van der Waals surface area contributed by atoms with E-state index < -0.39 is 48.1 Å². The number of likely N-dealkylation sites (tertiary alicyclic amines) is 1. The smallest absolute Gasteiger partial charge is 0.387 e. The second-order valence-electron chi connectivity index (χ2n) is 14.2. The van der Waals surface area contributed by atoms with Crippen molar-refractivity contribution in [3.63, 3.8) is 0 Å². The molecule has 2 aromatic carbocycles. The molecule has 2 heterocycles. The molecule has 0 aromatic heterocycles. The summed E-state index contributed by atoms with van der Waals surface area (Å²) in [6.45, 7) is 12.0. The molecule has 8 nitrogen and oxygen atoms in total. The van der Waals surface area contributed by atoms with Gasteiger partial charge in [0.1, 0.15) is 23.6 Å². The Balaban J connectivity index is 1.92. The van der Waals surface area contributed by atoms with Crippen LogP contribution in [0.1, 0.15) is 90.5 Å². The Labute approximate surface area is 272 Å². The van der Waals surface area contributed by atoms with E-state index in [2.05, 4.69) is 32.2 Å². The van der Waals surface area contributed by atoms with Gasteiger partial charge in [0, 0.05) is 36.2 Å². The second-order valence-corrected chi connectivity index (χ2v) is 14.2. The highest BCUT2D eigenvalue weighted by Gasteiger charge is 2.59. The van der Waals surface area contributed by atoms with Crippen LogP contribution in [-0.4, -0.2) is 61.9 Å². The van der Waals surface area contributed by atoms with Gasteiger partial charge in [0.2, 0.25) is 0 Å². The summed E-state index contributed by atoms with van der Waals surface area (Å²) in [6, 6.07) is 10.1. The van der Waals surface area contributed by atoms with E-state index in [1.807, 2.05) is 32.9 Å². The number of nitrogens with zero attached hydrogens (tertiary/aromatic N) is 1. The second kappa shape index (κ2) is 14.7. The van der Waals surface area contributed by atoms with Gasteiger partial charge in [-0.2, -0.15) is 8.78 Å². The largest absolute Gasteiger partial charge is 0.496 e. The lowest BCUT2D eigenvalue weighted by Crippen LogP contribution is -2.51. The van der Waals surface area contributed by atoms with Crippen LogP contribution >= 0.6 is 0 Å². The van der Waals surface area contributed by atoms with E-state index in [-0.39, 0.29) is 23.7 Å². The quantitative estimate of drug-likeness (QED) is 0.285. The number of carbonyl (C=O) groups excluding carboxylic acids is 2. The standard InChI is InChI=1S/C36H50F2N2O6/c1-9-44-33(42)31-28(36(5,6)7)29(39-21-22-20-23(35(2,3)4)17-18-25(22)43-8)30(24-14-10-11-15-26(24)46-34(37)38)40(31)32(41)27-16-12-13-19-45-27/h10-11,14-15,17-18,20,27-31,34,39H,9,12-13,16,19,21H2,1-8H3/t27-,28+,29+,30+,31+/m1/s1. The third kappa shape index (κ3) is 7.82. The number of para-hydroxylation sites is 1. The van der Waals surface area contributed by atoms with E-state index >= 15 is 0 Å². The summed E-state index contributed by atoms with van der Waals surface area (Å²) in [5, 5.41) is 3.69. The number of amides is 1. The van der Waals surface area contributed by atoms with E-state index in [4.69, 9.17) is 18.9 Å². The lowest BCUT2D eigenvalue weighted by molar-refractivity contribution is -0.162. The van der Waals surface area contributed by atoms with E-state index in [0.717, 1.165) is 24.0 Å². The SMILES string of the molecule is CCOC(=O)[C@@H]1[C@@H](C(C)(C)C)[C@H](NCc2cc(C(C)(C)C)ccc2OC)[C@H](c2ccccc2OC(F)F)N1C(=O)[C@H]1CCCCO1. The molecule has 4 rings (SSSR count). The number of hydrogen-bond acceptors (Lipinski definition) is 7. The number of esters is 1. The summed E-state index contributed by atoms with van der Waals surface area (Å²) >= 11 is 0. The number of nitrogens with one attached hydrogen (secondary N) is 1. The van der Waals surface area contributed by atoms with Gasteiger partial charge in [-0.15, -0.1) is 0 Å². The zero-order valence-electron chi connectivity index (χ0n) is 28.4. The first-order valence-electron chi connectivity index (χ1n) is 16.2. The maximum atomic E-state index is 14.5. The van der Waals surface area contributed by atoms with Crippen LogP contribution in [0.15, 0.2) is 42.5 Å². The van der Waals surface area contributed by atoms with Gasteiger partial charge in [0.05, 0.1) is 19.8 Å². The Morgan fingerprint density at radius 3 is 2.35 bits per heavy atom. The Hall–Kier alpha value is -3.24. The monoisotopic (exact) mass is 644 g/mol. The highest BCUT2D eigenvalue weighted by Crippen LogP contribution is 2.51. The van der Waals surface area contributed by atoms with Crippen molar-refractivity contribution in [2.45, 2.75) is 111 Å². The lowest BCUT2D eigenvalue weighted by atomic mass is 9.72. The fourth-order valence-electron chi connectivity index (χ4n) is 6.91. The van der Waals surface area contributed by atoms with Gasteiger partial charge < -0.3 is 29.2 Å². The molecule has 2 aliphatic heterocycles. The van der Waals surface area contributed by atoms with Gasteiger partial charge in [-0.3, -0.25) is 4.79 Å². The number of methoxy groups -OCH3 is 1. The van der Waals surface area contributed by atoms with Crippen molar-refractivity contribution in [3.05, 3.63) is 59.2 Å². The minimum Gasteiger partial charge on any atom is -0.496 e. The first-order valence-corrected chi connectivity index (χ1v) is 16.2. The highest BCUT2D eigenvalue weighted by molar-refractivity contribution is 5.89. The summed E-state index contributed by atoms with van der Waals surface area (Å²) in [5.74, 6) is -0.753. The van der Waals surface area contributed by atoms with E-state index in [1.54, 1.807) is 32.2 Å². The third-order valence-electron chi connectivity index (χ3n) is 9.03. The Morgan fingerprint density at radius 1 is 1.04 bits per heavy atom. The summed E-state index contributed by atoms with van der Waals surface area (Å²) in [7, 11) is 1.62. The van der Waals surface area contributed by atoms with Crippen molar-refractivity contribution < 1.29 is 37.3 Å². The lowest BCUT2D eigenvalue weighted by Gasteiger charge is -2.36. The Morgan fingerprint density at radius 2 is 1.76 bits per heavy atom. The van der Waals surface area contributed by atoms with Crippen LogP contribution in [0, 0.1) is 11.3 Å². The fourth-order valence-corrected chi connectivity index (χ4v) is 6.91. The number of alkyl halides is 2. The van der Waals surface area contributed by atoms with Crippen LogP contribution < -0.4 is 14.8 Å². The van der Waals surface area contributed by atoms with Crippen LogP contribution in [0.4, 0.5) is 8.78 Å². The Bertz CT molecular complexity index is 1350. The van der Waals surface area contributed by atoms with Gasteiger partial charge in [0.25, 0.3) is 5.91 Å². The summed E-state index contributed by atoms with van der Waals surface area (Å²) in [6.07, 6.45) is 1.38. The minimum absolute atomic E-state index is 0.0545. The molecule has 1 N–H and O–H groups in total. The molecule has 2 saturated heterocycles. The van der Waals surface area contributed by atoms with Crippen molar-refractivity contribution in [1.82, 2.24) is 10.2 Å². The summed E-state index contributed by atoms with van der Waals surface area (Å²) < 4.78 is 49.9. The number of hydrogen-bond donors (Lipinski definition) is 1. The third-order valence-corrected chi connectivity index (χ3v) is 9.03. The minimum atomic E-state index is -3.08. The molecule has 0 aliphatic carbocycles. The average Bonchev–Trinajstić information content (AvgIpc) is 3.35. The number of benzene rings is 2. The van der Waals surface area contributed by atoms with Crippen LogP contribution in [0.2, 0.25) is 0 Å². The normalized spacial score (nSPS) is 23.8. The number of halogens is 2. The van der Waals surface area contributed by atoms with Crippen molar-refractivity contribution in [2.24, 2.45) is 11.3 Å². The van der Waals surface area contributed by atoms with Gasteiger partial charge >= 0.3 is 12.6 Å². The number of carbonyl (C=O) groups is 2. The predicted molar refractivity (Wildman–Crippen MR) is 172 cm³/mol. The molecule has 0 saturated carbocycles. The molecule has 0 unspecified atom stereocenters. The molecule has 0 spiro atoms. The zero-order chi connectivity index (χ0) is 33.8. The molecule has 46 heavy (non-hydrogen) atoms. The molecule has 2 fully saturated rings. The van der Waals surface area contributed by atoms with Crippen LogP contribution in [0.5, 0.6) is 11.5 Å². The van der Waals surface area contributed by atoms with Crippen molar-refractivity contribution in [2.75, 3.05) is 20.3 Å². The molecule has 2 aliphatic rings. The van der Waals surface area contributed by atoms with Crippen molar-refractivity contribution in [1.29, 1.82) is 0 Å². The van der Waals surface area contributed by atoms with Gasteiger partial charge in [0.15, 0.2) is 0 Å². The van der Waals surface area contributed by atoms with Gasteiger partial charge in [-0.05, 0) is 54.7 Å². The molecule has 2 aromatic rings. The van der Waals surface area contributed by atoms with Crippen molar-refractivity contribution >= 4 is 11.9 Å². The Kier molecular flexibility index (Phi) is 11.4. The van der Waals surface area contributed by atoms with E-state index in [0.29, 0.717) is 30.9 Å². The maximum absolute atomic E-state index is 14.5. The molecule has 0 radical (unpaired) electrons. The molecule has 254 valence electrons. The number of ether oxygens (including phenoxy) is 4. The zero-order valence-corrected chi connectivity index (χ0v) is 28.4. The number of rotatable bonds is 10. The van der Waals surface area contributed by atoms with Crippen LogP contribution in [-0.2, 0) is 31.0 Å². The van der Waals surface area contributed by atoms with Crippen molar-refractivity contribution in [3.8, 4) is 11.5 Å². The molecule has 0 bridgehead atoms. The molecule has 5 atom stereocenters. The first kappa shape index (κ1) is 35.6. The first-order chi connectivity index (χ1) is 21.7. The topological polar surface area (TPSA) is 86.3 Å². The van der Waals surface area contributed by atoms with Gasteiger partial charge in [-0.1, -0.05) is 71.9 Å². The molecule has 10 heteroatoms. The van der Waals surface area contributed by atoms with Crippen LogP contribution in [0.3, 0.4) is 0 Å². The average molecular weight is 645 g/mol. The van der Waals surface area contributed by atoms with E-state index in [1.165, 1.54) is 11.0 Å². The molecular formula is C36H50F2N2O6. The maximum Gasteiger partial charge on any atom is 0.387 e. The van der Waals surface area contributed by atoms with E-state index in [9.17, 15) is 18.4 Å². The highest BCUT2D eigenvalue weighted by atomic mass is 19.3. The molecular weight excluding hydrogens is 594 g/mol. The van der Waals surface area contributed by atoms with Crippen LogP contribution in [0.25, 0.3) is 0 Å². The fraction of sp³-hybridized carbons (Fsp3) is 0.611. The molecule has 1 amide bonds. The summed E-state index contributed by atoms with van der Waals surface area (Å²) in [4.78, 5) is 30.0. The predicted octanol–water partition coefficient (Wildman–Crippen LogP) is 6.80.